The minimum atomic E-state index is 0.842. The van der Waals surface area contributed by atoms with E-state index in [0.717, 1.165) is 27.3 Å². The number of para-hydroxylation sites is 2. The lowest BCUT2D eigenvalue weighted by atomic mass is 10.2. The molecule has 3 rings (SSSR count). The zero-order valence-corrected chi connectivity index (χ0v) is 11.4. The van der Waals surface area contributed by atoms with Crippen LogP contribution in [0.1, 0.15) is 0 Å². The second kappa shape index (κ2) is 5.33. The summed E-state index contributed by atoms with van der Waals surface area (Å²) in [6.45, 7) is 0. The van der Waals surface area contributed by atoms with Crippen LogP contribution in [0.4, 0.5) is 0 Å². The van der Waals surface area contributed by atoms with Crippen molar-refractivity contribution < 1.29 is 4.74 Å². The molecule has 94 valence electrons. The highest BCUT2D eigenvalue weighted by Crippen LogP contribution is 2.36. The largest absolute Gasteiger partial charge is 0.455 e. The normalized spacial score (nSPS) is 10.6. The van der Waals surface area contributed by atoms with Gasteiger partial charge in [-0.25, -0.2) is 0 Å². The van der Waals surface area contributed by atoms with Gasteiger partial charge in [0.15, 0.2) is 5.75 Å². The number of thioether (sulfide) groups is 1. The highest BCUT2D eigenvalue weighted by molar-refractivity contribution is 7.98. The first-order valence-electron chi connectivity index (χ1n) is 6.03. The molecule has 0 fully saturated rings. The Morgan fingerprint density at radius 1 is 0.947 bits per heavy atom. The van der Waals surface area contributed by atoms with Crippen LogP contribution < -0.4 is 4.74 Å². The quantitative estimate of drug-likeness (QED) is 0.639. The summed E-state index contributed by atoms with van der Waals surface area (Å²) >= 11 is 1.64. The van der Waals surface area contributed by atoms with Crippen molar-refractivity contribution in [1.82, 2.24) is 4.98 Å². The Morgan fingerprint density at radius 3 is 2.47 bits per heavy atom. The van der Waals surface area contributed by atoms with Gasteiger partial charge >= 0.3 is 0 Å². The highest BCUT2D eigenvalue weighted by atomic mass is 32.2. The SMILES string of the molecule is CSc1cnc2ccccc2c1Oc1ccccc1. The van der Waals surface area contributed by atoms with Gasteiger partial charge < -0.3 is 4.74 Å². The van der Waals surface area contributed by atoms with E-state index in [1.807, 2.05) is 67.0 Å². The van der Waals surface area contributed by atoms with Crippen LogP contribution in [0, 0.1) is 0 Å². The number of ether oxygens (including phenoxy) is 1. The summed E-state index contributed by atoms with van der Waals surface area (Å²) < 4.78 is 6.05. The van der Waals surface area contributed by atoms with Crippen LogP contribution >= 0.6 is 11.8 Å². The van der Waals surface area contributed by atoms with Gasteiger partial charge in [-0.1, -0.05) is 30.3 Å². The van der Waals surface area contributed by atoms with Crippen molar-refractivity contribution in [3.8, 4) is 11.5 Å². The Hall–Kier alpha value is -2.00. The van der Waals surface area contributed by atoms with Crippen molar-refractivity contribution in [2.24, 2.45) is 0 Å². The molecule has 0 radical (unpaired) electrons. The first kappa shape index (κ1) is 12.1. The maximum atomic E-state index is 6.05. The number of rotatable bonds is 3. The van der Waals surface area contributed by atoms with Gasteiger partial charge in [0.1, 0.15) is 5.75 Å². The van der Waals surface area contributed by atoms with E-state index >= 15 is 0 Å². The third-order valence-electron chi connectivity index (χ3n) is 2.88. The molecule has 19 heavy (non-hydrogen) atoms. The number of nitrogens with zero attached hydrogens (tertiary/aromatic N) is 1. The summed E-state index contributed by atoms with van der Waals surface area (Å²) in [7, 11) is 0. The molecule has 0 spiro atoms. The van der Waals surface area contributed by atoms with Gasteiger partial charge in [0.05, 0.1) is 10.4 Å². The molecule has 1 heterocycles. The molecule has 0 atom stereocenters. The van der Waals surface area contributed by atoms with Crippen LogP contribution in [0.3, 0.4) is 0 Å². The van der Waals surface area contributed by atoms with Gasteiger partial charge in [0.2, 0.25) is 0 Å². The van der Waals surface area contributed by atoms with E-state index in [0.29, 0.717) is 0 Å². The number of pyridine rings is 1. The molecule has 0 N–H and O–H groups in total. The van der Waals surface area contributed by atoms with E-state index in [-0.39, 0.29) is 0 Å². The van der Waals surface area contributed by atoms with Crippen molar-refractivity contribution in [2.45, 2.75) is 4.90 Å². The molecule has 0 aliphatic heterocycles. The van der Waals surface area contributed by atoms with E-state index in [1.54, 1.807) is 11.8 Å². The van der Waals surface area contributed by atoms with Gasteiger partial charge in [0, 0.05) is 11.6 Å². The molecular formula is C16H13NOS. The maximum absolute atomic E-state index is 6.05. The lowest BCUT2D eigenvalue weighted by Crippen LogP contribution is -1.90. The van der Waals surface area contributed by atoms with Gasteiger partial charge in [-0.05, 0) is 30.5 Å². The molecule has 0 aliphatic rings. The summed E-state index contributed by atoms with van der Waals surface area (Å²) in [5.41, 5.74) is 0.950. The summed E-state index contributed by atoms with van der Waals surface area (Å²) in [5.74, 6) is 1.72. The van der Waals surface area contributed by atoms with E-state index in [2.05, 4.69) is 4.98 Å². The van der Waals surface area contributed by atoms with Crippen LogP contribution in [0.15, 0.2) is 65.7 Å². The molecule has 2 nitrogen and oxygen atoms in total. The van der Waals surface area contributed by atoms with Crippen molar-refractivity contribution >= 4 is 22.7 Å². The van der Waals surface area contributed by atoms with Gasteiger partial charge in [0.25, 0.3) is 0 Å². The summed E-state index contributed by atoms with van der Waals surface area (Å²) in [4.78, 5) is 5.50. The fourth-order valence-electron chi connectivity index (χ4n) is 1.95. The van der Waals surface area contributed by atoms with Crippen molar-refractivity contribution in [3.05, 3.63) is 60.8 Å². The monoisotopic (exact) mass is 267 g/mol. The number of fused-ring (bicyclic) bond motifs is 1. The molecule has 0 amide bonds. The zero-order valence-electron chi connectivity index (χ0n) is 10.5. The van der Waals surface area contributed by atoms with E-state index in [4.69, 9.17) is 4.74 Å². The minimum absolute atomic E-state index is 0.842. The van der Waals surface area contributed by atoms with Crippen LogP contribution in [-0.4, -0.2) is 11.2 Å². The fourth-order valence-corrected chi connectivity index (χ4v) is 2.45. The predicted molar refractivity (Wildman–Crippen MR) is 80.0 cm³/mol. The predicted octanol–water partition coefficient (Wildman–Crippen LogP) is 4.75. The first-order chi connectivity index (χ1) is 9.38. The smallest absolute Gasteiger partial charge is 0.151 e. The summed E-state index contributed by atoms with van der Waals surface area (Å²) in [6, 6.07) is 17.9. The van der Waals surface area contributed by atoms with Crippen molar-refractivity contribution in [1.29, 1.82) is 0 Å². The topological polar surface area (TPSA) is 22.1 Å². The Kier molecular flexibility index (Phi) is 3.38. The molecule has 0 bridgehead atoms. The number of aromatic nitrogens is 1. The number of benzene rings is 2. The third kappa shape index (κ3) is 2.42. The Balaban J connectivity index is 2.15. The van der Waals surface area contributed by atoms with E-state index < -0.39 is 0 Å². The zero-order chi connectivity index (χ0) is 13.1. The lowest BCUT2D eigenvalue weighted by Gasteiger charge is -2.12. The Labute approximate surface area is 116 Å². The standard InChI is InChI=1S/C16H13NOS/c1-19-15-11-17-14-10-6-5-9-13(14)16(15)18-12-7-3-2-4-8-12/h2-11H,1H3. The molecule has 3 aromatic rings. The molecule has 3 heteroatoms. The van der Waals surface area contributed by atoms with Gasteiger partial charge in [-0.3, -0.25) is 4.98 Å². The highest BCUT2D eigenvalue weighted by Gasteiger charge is 2.10. The van der Waals surface area contributed by atoms with E-state index in [1.165, 1.54) is 0 Å². The summed E-state index contributed by atoms with van der Waals surface area (Å²) in [6.07, 6.45) is 3.90. The number of hydrogen-bond donors (Lipinski definition) is 0. The Morgan fingerprint density at radius 2 is 1.68 bits per heavy atom. The molecule has 0 unspecified atom stereocenters. The molecule has 0 saturated heterocycles. The minimum Gasteiger partial charge on any atom is -0.455 e. The van der Waals surface area contributed by atoms with E-state index in [9.17, 15) is 0 Å². The van der Waals surface area contributed by atoms with Crippen LogP contribution in [-0.2, 0) is 0 Å². The fraction of sp³-hybridized carbons (Fsp3) is 0.0625. The van der Waals surface area contributed by atoms with Crippen molar-refractivity contribution in [2.75, 3.05) is 6.26 Å². The first-order valence-corrected chi connectivity index (χ1v) is 7.25. The second-order valence-electron chi connectivity index (χ2n) is 4.09. The Bertz CT molecular complexity index is 697. The third-order valence-corrected chi connectivity index (χ3v) is 3.61. The lowest BCUT2D eigenvalue weighted by molar-refractivity contribution is 0.476. The van der Waals surface area contributed by atoms with Crippen LogP contribution in [0.2, 0.25) is 0 Å². The number of hydrogen-bond acceptors (Lipinski definition) is 3. The second-order valence-corrected chi connectivity index (χ2v) is 4.94. The van der Waals surface area contributed by atoms with Crippen molar-refractivity contribution in [3.63, 3.8) is 0 Å². The van der Waals surface area contributed by atoms with Gasteiger partial charge in [-0.2, -0.15) is 0 Å². The average molecular weight is 267 g/mol. The maximum Gasteiger partial charge on any atom is 0.151 e. The molecule has 0 aliphatic carbocycles. The van der Waals surface area contributed by atoms with Crippen LogP contribution in [0.5, 0.6) is 11.5 Å². The van der Waals surface area contributed by atoms with Crippen LogP contribution in [0.25, 0.3) is 10.9 Å². The summed E-state index contributed by atoms with van der Waals surface area (Å²) in [5, 5.41) is 1.04. The molecule has 1 aromatic heterocycles. The van der Waals surface area contributed by atoms with Gasteiger partial charge in [-0.15, -0.1) is 11.8 Å². The average Bonchev–Trinajstić information content (AvgIpc) is 2.49. The molecule has 0 saturated carbocycles. The molecule has 2 aromatic carbocycles. The molecular weight excluding hydrogens is 254 g/mol.